The third kappa shape index (κ3) is 4.97. The largest absolute Gasteiger partial charge is 0.465 e. The van der Waals surface area contributed by atoms with Crippen LogP contribution in [0.3, 0.4) is 0 Å². The van der Waals surface area contributed by atoms with Crippen molar-refractivity contribution in [2.45, 2.75) is 38.8 Å². The second-order valence-electron chi connectivity index (χ2n) is 7.43. The second kappa shape index (κ2) is 8.38. The van der Waals surface area contributed by atoms with Crippen molar-refractivity contribution in [3.63, 3.8) is 0 Å². The van der Waals surface area contributed by atoms with Crippen molar-refractivity contribution in [1.82, 2.24) is 4.90 Å². The van der Waals surface area contributed by atoms with Gasteiger partial charge in [-0.05, 0) is 29.4 Å². The molecule has 1 aliphatic heterocycles. The molecule has 1 aromatic carbocycles. The van der Waals surface area contributed by atoms with E-state index in [1.54, 1.807) is 17.8 Å². The number of thioether (sulfide) groups is 1. The van der Waals surface area contributed by atoms with E-state index in [4.69, 9.17) is 27.9 Å². The van der Waals surface area contributed by atoms with Crippen LogP contribution in [-0.4, -0.2) is 53.4 Å². The summed E-state index contributed by atoms with van der Waals surface area (Å²) in [7, 11) is 0. The molecule has 3 unspecified atom stereocenters. The molecule has 1 saturated heterocycles. The lowest BCUT2D eigenvalue weighted by atomic mass is 9.88. The van der Waals surface area contributed by atoms with Crippen molar-refractivity contribution in [3.8, 4) is 0 Å². The number of halogens is 2. The molecule has 0 radical (unpaired) electrons. The molecule has 3 atom stereocenters. The molecule has 0 aliphatic carbocycles. The maximum absolute atomic E-state index is 12.0. The lowest BCUT2D eigenvalue weighted by Gasteiger charge is -2.34. The first-order valence-corrected chi connectivity index (χ1v) is 10.3. The van der Waals surface area contributed by atoms with Crippen molar-refractivity contribution < 1.29 is 14.6 Å². The number of benzene rings is 1. The van der Waals surface area contributed by atoms with E-state index >= 15 is 0 Å². The molecular formula is C18H25Cl2NO3S. The fraction of sp³-hybridized carbons (Fsp3) is 0.611. The van der Waals surface area contributed by atoms with Gasteiger partial charge in [0.25, 0.3) is 0 Å². The summed E-state index contributed by atoms with van der Waals surface area (Å²) in [6, 6.07) is 5.31. The molecule has 0 saturated carbocycles. The minimum Gasteiger partial charge on any atom is -0.465 e. The number of amides is 1. The Hall–Kier alpha value is -0.620. The van der Waals surface area contributed by atoms with E-state index in [1.165, 1.54) is 4.90 Å². The van der Waals surface area contributed by atoms with Crippen molar-refractivity contribution in [3.05, 3.63) is 33.8 Å². The van der Waals surface area contributed by atoms with Crippen LogP contribution in [0.15, 0.2) is 18.2 Å². The molecule has 1 aromatic rings. The molecule has 0 spiro atoms. The highest BCUT2D eigenvalue weighted by atomic mass is 35.5. The molecule has 1 heterocycles. The van der Waals surface area contributed by atoms with Gasteiger partial charge in [-0.1, -0.05) is 50.0 Å². The Morgan fingerprint density at radius 1 is 1.36 bits per heavy atom. The number of hydrogen-bond donors (Lipinski definition) is 1. The van der Waals surface area contributed by atoms with Gasteiger partial charge < -0.3 is 14.7 Å². The van der Waals surface area contributed by atoms with E-state index in [2.05, 4.69) is 20.8 Å². The van der Waals surface area contributed by atoms with Gasteiger partial charge in [-0.25, -0.2) is 4.79 Å². The maximum Gasteiger partial charge on any atom is 0.407 e. The normalized spacial score (nSPS) is 24.9. The summed E-state index contributed by atoms with van der Waals surface area (Å²) in [6.07, 6.45) is 0.906. The van der Waals surface area contributed by atoms with Crippen LogP contribution >= 0.6 is 35.0 Å². The fourth-order valence-corrected chi connectivity index (χ4v) is 4.16. The van der Waals surface area contributed by atoms with Crippen molar-refractivity contribution >= 4 is 41.1 Å². The zero-order chi connectivity index (χ0) is 18.8. The first-order valence-electron chi connectivity index (χ1n) is 8.20. The van der Waals surface area contributed by atoms with E-state index in [0.717, 1.165) is 5.56 Å². The third-order valence-electron chi connectivity index (χ3n) is 4.63. The Kier molecular flexibility index (Phi) is 6.94. The number of carboxylic acid groups (broad SMARTS) is 1. The summed E-state index contributed by atoms with van der Waals surface area (Å²) in [4.78, 5) is 13.5. The van der Waals surface area contributed by atoms with Gasteiger partial charge in [0.1, 0.15) is 0 Å². The molecular weight excluding hydrogens is 381 g/mol. The molecule has 0 aromatic heterocycles. The fourth-order valence-electron chi connectivity index (χ4n) is 3.10. The van der Waals surface area contributed by atoms with Crippen molar-refractivity contribution in [2.75, 3.05) is 25.2 Å². The molecule has 4 nitrogen and oxygen atoms in total. The smallest absolute Gasteiger partial charge is 0.407 e. The molecule has 1 N–H and O–H groups in total. The third-order valence-corrected chi connectivity index (χ3v) is 6.04. The quantitative estimate of drug-likeness (QED) is 0.747. The molecule has 1 aliphatic rings. The lowest BCUT2D eigenvalue weighted by Crippen LogP contribution is -2.48. The van der Waals surface area contributed by atoms with Gasteiger partial charge in [-0.15, -0.1) is 0 Å². The average Bonchev–Trinajstić information content (AvgIpc) is 2.70. The Morgan fingerprint density at radius 3 is 2.56 bits per heavy atom. The highest BCUT2D eigenvalue weighted by molar-refractivity contribution is 7.98. The molecule has 25 heavy (non-hydrogen) atoms. The van der Waals surface area contributed by atoms with Gasteiger partial charge in [0.05, 0.1) is 35.3 Å². The predicted octanol–water partition coefficient (Wildman–Crippen LogP) is 5.23. The minimum absolute atomic E-state index is 0.0920. The first kappa shape index (κ1) is 20.7. The highest BCUT2D eigenvalue weighted by Gasteiger charge is 2.40. The number of carbonyl (C=O) groups is 1. The van der Waals surface area contributed by atoms with Gasteiger partial charge in [0.15, 0.2) is 0 Å². The van der Waals surface area contributed by atoms with Crippen LogP contribution in [0.4, 0.5) is 4.79 Å². The Balaban J connectivity index is 2.44. The van der Waals surface area contributed by atoms with Crippen LogP contribution in [0.2, 0.25) is 10.0 Å². The molecule has 0 bridgehead atoms. The van der Waals surface area contributed by atoms with E-state index in [-0.39, 0.29) is 23.5 Å². The molecule has 140 valence electrons. The van der Waals surface area contributed by atoms with Crippen LogP contribution in [0.5, 0.6) is 0 Å². The number of nitrogens with zero attached hydrogens (tertiary/aromatic N) is 1. The van der Waals surface area contributed by atoms with E-state index in [9.17, 15) is 9.90 Å². The monoisotopic (exact) mass is 405 g/mol. The second-order valence-corrected chi connectivity index (χ2v) is 9.15. The average molecular weight is 406 g/mol. The summed E-state index contributed by atoms with van der Waals surface area (Å²) >= 11 is 13.9. The summed E-state index contributed by atoms with van der Waals surface area (Å²) in [6.45, 7) is 7.03. The van der Waals surface area contributed by atoms with Gasteiger partial charge in [-0.3, -0.25) is 0 Å². The number of ether oxygens (including phenoxy) is 1. The summed E-state index contributed by atoms with van der Waals surface area (Å²) in [5.41, 5.74) is 0.804. The molecule has 1 amide bonds. The molecule has 2 rings (SSSR count). The molecule has 7 heteroatoms. The van der Waals surface area contributed by atoms with Crippen LogP contribution in [-0.2, 0) is 4.74 Å². The molecule has 1 fully saturated rings. The van der Waals surface area contributed by atoms with Gasteiger partial charge >= 0.3 is 6.09 Å². The Labute approximate surface area is 163 Å². The van der Waals surface area contributed by atoms with Gasteiger partial charge in [0, 0.05) is 11.7 Å². The summed E-state index contributed by atoms with van der Waals surface area (Å²) in [5.74, 6) is 0.600. The number of rotatable bonds is 3. The van der Waals surface area contributed by atoms with Crippen LogP contribution in [0.25, 0.3) is 0 Å². The van der Waals surface area contributed by atoms with E-state index in [1.807, 2.05) is 18.4 Å². The van der Waals surface area contributed by atoms with Crippen molar-refractivity contribution in [1.29, 1.82) is 0 Å². The summed E-state index contributed by atoms with van der Waals surface area (Å²) in [5, 5.41) is 10.8. The minimum atomic E-state index is -0.913. The lowest BCUT2D eigenvalue weighted by molar-refractivity contribution is -0.0185. The highest BCUT2D eigenvalue weighted by Crippen LogP contribution is 2.36. The Bertz CT molecular complexity index is 621. The van der Waals surface area contributed by atoms with Crippen molar-refractivity contribution in [2.24, 2.45) is 5.41 Å². The van der Waals surface area contributed by atoms with Crippen LogP contribution < -0.4 is 0 Å². The summed E-state index contributed by atoms with van der Waals surface area (Å²) < 4.78 is 6.17. The standard InChI is InChI=1S/C18H25Cl2NO3S/c1-18(2,3)16-8-21(17(22)23)15(10-25-4)12(9-24-16)11-5-6-13(19)14(20)7-11/h5-7,12,15-16H,8-10H2,1-4H3,(H,22,23). The first-order chi connectivity index (χ1) is 11.6. The number of hydrogen-bond acceptors (Lipinski definition) is 3. The SMILES string of the molecule is CSCC1C(c2ccc(Cl)c(Cl)c2)COC(C(C)(C)C)CN1C(=O)O. The topological polar surface area (TPSA) is 49.8 Å². The van der Waals surface area contributed by atoms with Gasteiger partial charge in [-0.2, -0.15) is 11.8 Å². The van der Waals surface area contributed by atoms with Crippen LogP contribution in [0.1, 0.15) is 32.3 Å². The maximum atomic E-state index is 12.0. The zero-order valence-corrected chi connectivity index (χ0v) is 17.3. The predicted molar refractivity (Wildman–Crippen MR) is 105 cm³/mol. The zero-order valence-electron chi connectivity index (χ0n) is 15.0. The van der Waals surface area contributed by atoms with Crippen LogP contribution in [0, 0.1) is 5.41 Å². The van der Waals surface area contributed by atoms with E-state index < -0.39 is 6.09 Å². The van der Waals surface area contributed by atoms with Gasteiger partial charge in [0.2, 0.25) is 0 Å². The Morgan fingerprint density at radius 2 is 2.04 bits per heavy atom. The van der Waals surface area contributed by atoms with E-state index in [0.29, 0.717) is 28.9 Å².